The Morgan fingerprint density at radius 3 is 2.14 bits per heavy atom. The van der Waals surface area contributed by atoms with Gasteiger partial charge in [0.05, 0.1) is 14.2 Å². The van der Waals surface area contributed by atoms with Crippen molar-refractivity contribution in [2.45, 2.75) is 20.0 Å². The van der Waals surface area contributed by atoms with Gasteiger partial charge in [-0.2, -0.15) is 0 Å². The molecule has 0 atom stereocenters. The molecule has 2 aromatic rings. The summed E-state index contributed by atoms with van der Waals surface area (Å²) in [5.74, 6) is 1.51. The van der Waals surface area contributed by atoms with Crippen molar-refractivity contribution in [2.24, 2.45) is 0 Å². The van der Waals surface area contributed by atoms with Gasteiger partial charge in [-0.25, -0.2) is 0 Å². The first-order chi connectivity index (χ1) is 10.1. The molecule has 0 saturated carbocycles. The number of halogens is 1. The van der Waals surface area contributed by atoms with E-state index in [0.717, 1.165) is 29.1 Å². The predicted octanol–water partition coefficient (Wildman–Crippen LogP) is 4.06. The first-order valence-electron chi connectivity index (χ1n) is 6.80. The van der Waals surface area contributed by atoms with Crippen LogP contribution in [0.3, 0.4) is 0 Å². The van der Waals surface area contributed by atoms with Crippen LogP contribution in [0.1, 0.15) is 16.7 Å². The minimum atomic E-state index is 0.753. The molecule has 0 unspecified atom stereocenters. The Balaban J connectivity index is 1.95. The summed E-state index contributed by atoms with van der Waals surface area (Å²) in [5.41, 5.74) is 3.67. The topological polar surface area (TPSA) is 30.5 Å². The number of hydrogen-bond acceptors (Lipinski definition) is 3. The molecule has 0 bridgehead atoms. The molecule has 2 aromatic carbocycles. The summed E-state index contributed by atoms with van der Waals surface area (Å²) in [6.07, 6.45) is 0. The summed E-state index contributed by atoms with van der Waals surface area (Å²) >= 11 is 3.56. The van der Waals surface area contributed by atoms with Crippen LogP contribution in [0.5, 0.6) is 11.5 Å². The van der Waals surface area contributed by atoms with Gasteiger partial charge in [-0.15, -0.1) is 0 Å². The van der Waals surface area contributed by atoms with Crippen LogP contribution in [0.25, 0.3) is 0 Å². The third-order valence-electron chi connectivity index (χ3n) is 3.34. The van der Waals surface area contributed by atoms with Crippen molar-refractivity contribution >= 4 is 15.9 Å². The molecule has 0 aliphatic carbocycles. The third-order valence-corrected chi connectivity index (χ3v) is 4.20. The molecule has 0 radical (unpaired) electrons. The van der Waals surface area contributed by atoms with Crippen molar-refractivity contribution in [3.63, 3.8) is 0 Å². The van der Waals surface area contributed by atoms with Crippen LogP contribution in [0, 0.1) is 6.92 Å². The highest BCUT2D eigenvalue weighted by Gasteiger charge is 2.04. The lowest BCUT2D eigenvalue weighted by Gasteiger charge is -2.10. The Morgan fingerprint density at radius 1 is 0.905 bits per heavy atom. The van der Waals surface area contributed by atoms with Crippen molar-refractivity contribution in [1.29, 1.82) is 0 Å². The highest BCUT2D eigenvalue weighted by Crippen LogP contribution is 2.27. The van der Waals surface area contributed by atoms with Crippen molar-refractivity contribution in [2.75, 3.05) is 14.2 Å². The number of aryl methyl sites for hydroxylation is 1. The molecule has 112 valence electrons. The van der Waals surface area contributed by atoms with E-state index >= 15 is 0 Å². The number of nitrogens with one attached hydrogen (secondary N) is 1. The van der Waals surface area contributed by atoms with Gasteiger partial charge in [0.1, 0.15) is 0 Å². The van der Waals surface area contributed by atoms with Gasteiger partial charge < -0.3 is 14.8 Å². The minimum absolute atomic E-state index is 0.753. The molecule has 1 N–H and O–H groups in total. The van der Waals surface area contributed by atoms with Crippen LogP contribution in [0.15, 0.2) is 40.9 Å². The molecule has 21 heavy (non-hydrogen) atoms. The van der Waals surface area contributed by atoms with Crippen LogP contribution in [0.4, 0.5) is 0 Å². The zero-order valence-electron chi connectivity index (χ0n) is 12.6. The largest absolute Gasteiger partial charge is 0.493 e. The first-order valence-corrected chi connectivity index (χ1v) is 7.60. The smallest absolute Gasteiger partial charge is 0.161 e. The van der Waals surface area contributed by atoms with Gasteiger partial charge in [0.2, 0.25) is 0 Å². The summed E-state index contributed by atoms with van der Waals surface area (Å²) in [5, 5.41) is 3.44. The standard InChI is InChI=1S/C17H20BrNO2/c1-12-4-5-13(8-15(12)18)10-19-11-14-6-7-16(20-2)17(9-14)21-3/h4-9,19H,10-11H2,1-3H3. The van der Waals surface area contributed by atoms with E-state index < -0.39 is 0 Å². The van der Waals surface area contributed by atoms with Crippen molar-refractivity contribution in [3.05, 3.63) is 57.6 Å². The van der Waals surface area contributed by atoms with Gasteiger partial charge in [-0.3, -0.25) is 0 Å². The monoisotopic (exact) mass is 349 g/mol. The van der Waals surface area contributed by atoms with Crippen LogP contribution < -0.4 is 14.8 Å². The van der Waals surface area contributed by atoms with Crippen molar-refractivity contribution in [3.8, 4) is 11.5 Å². The van der Waals surface area contributed by atoms with E-state index in [9.17, 15) is 0 Å². The Hall–Kier alpha value is -1.52. The van der Waals surface area contributed by atoms with Crippen LogP contribution in [0.2, 0.25) is 0 Å². The van der Waals surface area contributed by atoms with Gasteiger partial charge in [0, 0.05) is 17.6 Å². The number of hydrogen-bond donors (Lipinski definition) is 1. The molecule has 2 rings (SSSR count). The molecule has 0 fully saturated rings. The average molecular weight is 350 g/mol. The zero-order chi connectivity index (χ0) is 15.2. The lowest BCUT2D eigenvalue weighted by atomic mass is 10.1. The molecule has 3 nitrogen and oxygen atoms in total. The van der Waals surface area contributed by atoms with Crippen molar-refractivity contribution < 1.29 is 9.47 Å². The molecule has 0 aromatic heterocycles. The normalized spacial score (nSPS) is 10.5. The second-order valence-electron chi connectivity index (χ2n) is 4.88. The molecule has 0 amide bonds. The third kappa shape index (κ3) is 4.22. The molecular weight excluding hydrogens is 330 g/mol. The Labute approximate surface area is 134 Å². The van der Waals surface area contributed by atoms with E-state index in [1.807, 2.05) is 18.2 Å². The maximum absolute atomic E-state index is 5.31. The summed E-state index contributed by atoms with van der Waals surface area (Å²) in [7, 11) is 3.30. The lowest BCUT2D eigenvalue weighted by molar-refractivity contribution is 0.354. The number of benzene rings is 2. The van der Waals surface area contributed by atoms with Gasteiger partial charge in [0.15, 0.2) is 11.5 Å². The molecule has 4 heteroatoms. The molecule has 0 heterocycles. The fraction of sp³-hybridized carbons (Fsp3) is 0.294. The van der Waals surface area contributed by atoms with Crippen LogP contribution in [-0.2, 0) is 13.1 Å². The van der Waals surface area contributed by atoms with Crippen LogP contribution >= 0.6 is 15.9 Å². The fourth-order valence-electron chi connectivity index (χ4n) is 2.09. The number of rotatable bonds is 6. The second-order valence-corrected chi connectivity index (χ2v) is 5.73. The lowest BCUT2D eigenvalue weighted by Crippen LogP contribution is -2.12. The zero-order valence-corrected chi connectivity index (χ0v) is 14.2. The highest BCUT2D eigenvalue weighted by molar-refractivity contribution is 9.10. The first kappa shape index (κ1) is 15.9. The Kier molecular flexibility index (Phi) is 5.65. The van der Waals surface area contributed by atoms with E-state index in [1.54, 1.807) is 14.2 Å². The van der Waals surface area contributed by atoms with Gasteiger partial charge in [0.25, 0.3) is 0 Å². The number of methoxy groups -OCH3 is 2. The second kappa shape index (κ2) is 7.48. The van der Waals surface area contributed by atoms with Gasteiger partial charge in [-0.05, 0) is 41.8 Å². The summed E-state index contributed by atoms with van der Waals surface area (Å²) < 4.78 is 11.7. The van der Waals surface area contributed by atoms with E-state index in [-0.39, 0.29) is 0 Å². The maximum Gasteiger partial charge on any atom is 0.161 e. The quantitative estimate of drug-likeness (QED) is 0.852. The van der Waals surface area contributed by atoms with E-state index in [1.165, 1.54) is 16.7 Å². The molecule has 0 spiro atoms. The molecule has 0 aliphatic rings. The van der Waals surface area contributed by atoms with Gasteiger partial charge >= 0.3 is 0 Å². The van der Waals surface area contributed by atoms with E-state index in [0.29, 0.717) is 0 Å². The predicted molar refractivity (Wildman–Crippen MR) is 89.0 cm³/mol. The number of ether oxygens (including phenoxy) is 2. The Bertz CT molecular complexity index is 614. The summed E-state index contributed by atoms with van der Waals surface area (Å²) in [6, 6.07) is 12.4. The summed E-state index contributed by atoms with van der Waals surface area (Å²) in [6.45, 7) is 3.70. The molecule has 0 aliphatic heterocycles. The van der Waals surface area contributed by atoms with E-state index in [4.69, 9.17) is 9.47 Å². The minimum Gasteiger partial charge on any atom is -0.493 e. The average Bonchev–Trinajstić information content (AvgIpc) is 2.50. The van der Waals surface area contributed by atoms with E-state index in [2.05, 4.69) is 46.4 Å². The SMILES string of the molecule is COc1ccc(CNCc2ccc(C)c(Br)c2)cc1OC. The van der Waals surface area contributed by atoms with Crippen molar-refractivity contribution in [1.82, 2.24) is 5.32 Å². The molecule has 0 saturated heterocycles. The molecular formula is C17H20BrNO2. The van der Waals surface area contributed by atoms with Crippen LogP contribution in [-0.4, -0.2) is 14.2 Å². The summed E-state index contributed by atoms with van der Waals surface area (Å²) in [4.78, 5) is 0. The highest BCUT2D eigenvalue weighted by atomic mass is 79.9. The fourth-order valence-corrected chi connectivity index (χ4v) is 2.51. The Morgan fingerprint density at radius 2 is 1.52 bits per heavy atom. The van der Waals surface area contributed by atoms with Gasteiger partial charge in [-0.1, -0.05) is 34.1 Å². The maximum atomic E-state index is 5.31.